The number of nitrogens with two attached hydrogens (primary N) is 1. The Morgan fingerprint density at radius 1 is 1.86 bits per heavy atom. The highest BCUT2D eigenvalue weighted by Gasteiger charge is 1.97. The fourth-order valence-electron chi connectivity index (χ4n) is 0.575. The van der Waals surface area contributed by atoms with Crippen LogP contribution in [0.5, 0.6) is 0 Å². The quantitative estimate of drug-likeness (QED) is 0.594. The van der Waals surface area contributed by atoms with Crippen molar-refractivity contribution in [2.45, 2.75) is 6.61 Å². The van der Waals surface area contributed by atoms with Crippen molar-refractivity contribution < 1.29 is 14.7 Å². The average molecular weight is 238 g/mol. The molecule has 1 rings (SSSR count). The van der Waals surface area contributed by atoms with Crippen LogP contribution in [0.4, 0.5) is 5.13 Å². The zero-order valence-electron chi connectivity index (χ0n) is 6.91. The number of hydrogen-bond donors (Lipinski definition) is 2. The third-order valence-corrected chi connectivity index (χ3v) is 1.74. The van der Waals surface area contributed by atoms with Crippen LogP contribution in [0.2, 0.25) is 0 Å². The van der Waals surface area contributed by atoms with Crippen molar-refractivity contribution in [1.29, 1.82) is 0 Å². The summed E-state index contributed by atoms with van der Waals surface area (Å²) in [5.74, 6) is -1.15. The Morgan fingerprint density at radius 2 is 2.57 bits per heavy atom. The van der Waals surface area contributed by atoms with Crippen molar-refractivity contribution in [2.75, 3.05) is 5.73 Å². The molecule has 1 aromatic heterocycles. The number of rotatable bonds is 4. The van der Waals surface area contributed by atoms with Crippen LogP contribution in [-0.4, -0.2) is 22.3 Å². The lowest BCUT2D eigenvalue weighted by Crippen LogP contribution is -1.96. The summed E-state index contributed by atoms with van der Waals surface area (Å²) in [6, 6.07) is 0. The molecular weight excluding hydrogens is 230 g/mol. The van der Waals surface area contributed by atoms with E-state index in [4.69, 9.17) is 10.8 Å². The number of nitrogens with zero attached hydrogens (tertiary/aromatic N) is 2. The van der Waals surface area contributed by atoms with E-state index in [0.717, 1.165) is 0 Å². The van der Waals surface area contributed by atoms with Crippen LogP contribution in [0.1, 0.15) is 5.69 Å². The fourth-order valence-corrected chi connectivity index (χ4v) is 1.12. The second kappa shape index (κ2) is 6.17. The first kappa shape index (κ1) is 12.7. The molecule has 78 valence electrons. The molecule has 3 N–H and O–H groups in total. The van der Waals surface area contributed by atoms with Gasteiger partial charge in [0.05, 0.1) is 5.69 Å². The number of aromatic nitrogens is 1. The van der Waals surface area contributed by atoms with E-state index in [2.05, 4.69) is 15.0 Å². The van der Waals surface area contributed by atoms with Gasteiger partial charge >= 0.3 is 5.97 Å². The third kappa shape index (κ3) is 4.63. The Morgan fingerprint density at radius 3 is 3.07 bits per heavy atom. The monoisotopic (exact) mass is 237 g/mol. The summed E-state index contributed by atoms with van der Waals surface area (Å²) in [4.78, 5) is 18.5. The van der Waals surface area contributed by atoms with Gasteiger partial charge in [-0.1, -0.05) is 5.16 Å². The lowest BCUT2D eigenvalue weighted by Gasteiger charge is -1.92. The van der Waals surface area contributed by atoms with Crippen LogP contribution < -0.4 is 5.73 Å². The Kier molecular flexibility index (Phi) is 5.58. The molecule has 0 aliphatic heterocycles. The van der Waals surface area contributed by atoms with Crippen LogP contribution in [0.15, 0.2) is 10.5 Å². The maximum absolute atomic E-state index is 9.95. The summed E-state index contributed by atoms with van der Waals surface area (Å²) in [5.41, 5.74) is 5.98. The van der Waals surface area contributed by atoms with Crippen LogP contribution in [0, 0.1) is 0 Å². The number of hydrogen-bond acceptors (Lipinski definition) is 6. The fraction of sp³-hybridized carbons (Fsp3) is 0.167. The second-order valence-corrected chi connectivity index (χ2v) is 2.91. The standard InChI is InChI=1S/C6H7N3O3S.ClH/c7-6-9-4(3-13-6)2-12-8-1-5(10)11;/h1,3H,2H2,(H2,7,9)(H,10,11);1H. The van der Waals surface area contributed by atoms with E-state index in [1.807, 2.05) is 0 Å². The van der Waals surface area contributed by atoms with Gasteiger partial charge in [-0.05, 0) is 0 Å². The number of thiazole rings is 1. The minimum Gasteiger partial charge on any atom is -0.477 e. The molecule has 1 aromatic rings. The second-order valence-electron chi connectivity index (χ2n) is 2.02. The molecule has 0 aliphatic carbocycles. The topological polar surface area (TPSA) is 97.8 Å². The van der Waals surface area contributed by atoms with Crippen LogP contribution in [-0.2, 0) is 16.2 Å². The van der Waals surface area contributed by atoms with Gasteiger partial charge in [0.2, 0.25) is 0 Å². The molecule has 0 saturated heterocycles. The molecule has 0 unspecified atom stereocenters. The predicted octanol–water partition coefficient (Wildman–Crippen LogP) is 0.734. The number of carboxylic acids is 1. The predicted molar refractivity (Wildman–Crippen MR) is 54.7 cm³/mol. The van der Waals surface area contributed by atoms with E-state index >= 15 is 0 Å². The number of carbonyl (C=O) groups is 1. The third-order valence-electron chi connectivity index (χ3n) is 1.02. The zero-order valence-corrected chi connectivity index (χ0v) is 8.55. The highest BCUT2D eigenvalue weighted by molar-refractivity contribution is 7.13. The first-order valence-corrected chi connectivity index (χ1v) is 4.14. The van der Waals surface area contributed by atoms with Gasteiger partial charge < -0.3 is 15.7 Å². The highest BCUT2D eigenvalue weighted by Crippen LogP contribution is 2.11. The molecular formula is C6H8ClN3O3S. The number of nitrogen functional groups attached to an aromatic ring is 1. The van der Waals surface area contributed by atoms with Crippen molar-refractivity contribution in [3.8, 4) is 0 Å². The molecule has 0 atom stereocenters. The Balaban J connectivity index is 0.00000169. The van der Waals surface area contributed by atoms with Crippen molar-refractivity contribution in [2.24, 2.45) is 5.16 Å². The van der Waals surface area contributed by atoms with Crippen molar-refractivity contribution in [3.05, 3.63) is 11.1 Å². The Hall–Kier alpha value is -1.34. The number of halogens is 1. The Bertz CT molecular complexity index is 328. The van der Waals surface area contributed by atoms with Gasteiger partial charge in [0.15, 0.2) is 18.0 Å². The first-order valence-electron chi connectivity index (χ1n) is 3.26. The minimum atomic E-state index is -1.15. The van der Waals surface area contributed by atoms with Gasteiger partial charge in [0, 0.05) is 5.38 Å². The van der Waals surface area contributed by atoms with Crippen LogP contribution >= 0.6 is 23.7 Å². The summed E-state index contributed by atoms with van der Waals surface area (Å²) >= 11 is 1.29. The van der Waals surface area contributed by atoms with Gasteiger partial charge in [-0.2, -0.15) is 0 Å². The summed E-state index contributed by atoms with van der Waals surface area (Å²) in [7, 11) is 0. The van der Waals surface area contributed by atoms with Crippen molar-refractivity contribution in [3.63, 3.8) is 0 Å². The molecule has 0 aliphatic rings. The maximum Gasteiger partial charge on any atom is 0.350 e. The highest BCUT2D eigenvalue weighted by atomic mass is 35.5. The first-order chi connectivity index (χ1) is 6.18. The van der Waals surface area contributed by atoms with E-state index in [1.54, 1.807) is 5.38 Å². The molecule has 6 nitrogen and oxygen atoms in total. The van der Waals surface area contributed by atoms with E-state index in [0.29, 0.717) is 17.0 Å². The van der Waals surface area contributed by atoms with E-state index in [9.17, 15) is 4.79 Å². The summed E-state index contributed by atoms with van der Waals surface area (Å²) in [6.45, 7) is 0.123. The normalized spacial score (nSPS) is 9.71. The molecule has 14 heavy (non-hydrogen) atoms. The molecule has 8 heteroatoms. The number of anilines is 1. The SMILES string of the molecule is Cl.Nc1nc(CON=CC(=O)O)cs1. The summed E-state index contributed by atoms with van der Waals surface area (Å²) in [5, 5.41) is 13.5. The van der Waals surface area contributed by atoms with Gasteiger partial charge in [0.25, 0.3) is 0 Å². The van der Waals surface area contributed by atoms with Gasteiger partial charge in [-0.3, -0.25) is 0 Å². The summed E-state index contributed by atoms with van der Waals surface area (Å²) < 4.78 is 0. The average Bonchev–Trinajstić information content (AvgIpc) is 2.45. The number of aliphatic carboxylic acids is 1. The van der Waals surface area contributed by atoms with Gasteiger partial charge in [-0.15, -0.1) is 23.7 Å². The lowest BCUT2D eigenvalue weighted by molar-refractivity contribution is -0.129. The van der Waals surface area contributed by atoms with Crippen LogP contribution in [0.3, 0.4) is 0 Å². The van der Waals surface area contributed by atoms with E-state index in [1.165, 1.54) is 11.3 Å². The van der Waals surface area contributed by atoms with Crippen molar-refractivity contribution in [1.82, 2.24) is 4.98 Å². The van der Waals surface area contributed by atoms with Gasteiger partial charge in [-0.25, -0.2) is 9.78 Å². The molecule has 0 amide bonds. The van der Waals surface area contributed by atoms with Crippen LogP contribution in [0.25, 0.3) is 0 Å². The lowest BCUT2D eigenvalue weighted by atomic mass is 10.5. The number of carboxylic acid groups (broad SMARTS) is 1. The van der Waals surface area contributed by atoms with Crippen molar-refractivity contribution >= 4 is 41.1 Å². The van der Waals surface area contributed by atoms with E-state index in [-0.39, 0.29) is 19.0 Å². The molecule has 1 heterocycles. The summed E-state index contributed by atoms with van der Waals surface area (Å²) in [6.07, 6.45) is 0.662. The Labute approximate surface area is 89.8 Å². The zero-order chi connectivity index (χ0) is 9.68. The largest absolute Gasteiger partial charge is 0.477 e. The molecule has 0 radical (unpaired) electrons. The van der Waals surface area contributed by atoms with E-state index < -0.39 is 5.97 Å². The molecule has 0 bridgehead atoms. The maximum atomic E-state index is 9.95. The molecule has 0 aromatic carbocycles. The molecule has 0 spiro atoms. The molecule has 0 fully saturated rings. The minimum absolute atomic E-state index is 0. The molecule has 0 saturated carbocycles. The smallest absolute Gasteiger partial charge is 0.350 e. The van der Waals surface area contributed by atoms with Gasteiger partial charge in [0.1, 0.15) is 0 Å². The number of oxime groups is 1.